The Balaban J connectivity index is 1.71. The highest BCUT2D eigenvalue weighted by atomic mass is 16.5. The summed E-state index contributed by atoms with van der Waals surface area (Å²) < 4.78 is 5.43. The van der Waals surface area contributed by atoms with Crippen molar-refractivity contribution < 1.29 is 14.4 Å². The van der Waals surface area contributed by atoms with Gasteiger partial charge < -0.3 is 9.63 Å². The Labute approximate surface area is 125 Å². The molecular formula is C16H24N2O3. The summed E-state index contributed by atoms with van der Waals surface area (Å²) in [6.07, 6.45) is 11.0. The minimum absolute atomic E-state index is 0.177. The second-order valence-electron chi connectivity index (χ2n) is 6.84. The van der Waals surface area contributed by atoms with Gasteiger partial charge in [0.05, 0.1) is 6.42 Å². The number of aliphatic carboxylic acids is 1. The summed E-state index contributed by atoms with van der Waals surface area (Å²) in [4.78, 5) is 15.8. The van der Waals surface area contributed by atoms with Crippen LogP contribution in [0.2, 0.25) is 0 Å². The highest BCUT2D eigenvalue weighted by molar-refractivity contribution is 5.67. The quantitative estimate of drug-likeness (QED) is 0.895. The van der Waals surface area contributed by atoms with Crippen molar-refractivity contribution in [3.8, 4) is 0 Å². The molecule has 0 amide bonds. The summed E-state index contributed by atoms with van der Waals surface area (Å²) >= 11 is 0. The second kappa shape index (κ2) is 6.16. The summed E-state index contributed by atoms with van der Waals surface area (Å²) in [6.45, 7) is 0. The molecule has 0 aliphatic heterocycles. The van der Waals surface area contributed by atoms with E-state index in [1.165, 1.54) is 19.3 Å². The molecule has 2 saturated carbocycles. The zero-order chi connectivity index (χ0) is 14.7. The van der Waals surface area contributed by atoms with Gasteiger partial charge in [-0.1, -0.05) is 37.3 Å². The fraction of sp³-hybridized carbons (Fsp3) is 0.812. The number of rotatable bonds is 5. The molecule has 0 aromatic carbocycles. The van der Waals surface area contributed by atoms with Crippen molar-refractivity contribution in [3.05, 3.63) is 11.7 Å². The molecule has 3 rings (SSSR count). The predicted octanol–water partition coefficient (Wildman–Crippen LogP) is 3.69. The van der Waals surface area contributed by atoms with Crippen molar-refractivity contribution in [1.82, 2.24) is 10.1 Å². The van der Waals surface area contributed by atoms with Crippen LogP contribution in [0.5, 0.6) is 0 Å². The molecule has 2 aliphatic rings. The van der Waals surface area contributed by atoms with Gasteiger partial charge in [0, 0.05) is 12.3 Å². The molecule has 0 saturated heterocycles. The van der Waals surface area contributed by atoms with Crippen LogP contribution in [0.3, 0.4) is 0 Å². The average molecular weight is 292 g/mol. The Kier molecular flexibility index (Phi) is 4.27. The van der Waals surface area contributed by atoms with E-state index in [-0.39, 0.29) is 11.8 Å². The highest BCUT2D eigenvalue weighted by Crippen LogP contribution is 2.42. The summed E-state index contributed by atoms with van der Waals surface area (Å²) in [6, 6.07) is 0. The van der Waals surface area contributed by atoms with Crippen LogP contribution in [-0.4, -0.2) is 21.2 Å². The van der Waals surface area contributed by atoms with Gasteiger partial charge in [-0.15, -0.1) is 0 Å². The van der Waals surface area contributed by atoms with Gasteiger partial charge in [-0.3, -0.25) is 4.79 Å². The van der Waals surface area contributed by atoms with Crippen LogP contribution in [0.15, 0.2) is 4.52 Å². The van der Waals surface area contributed by atoms with E-state index in [4.69, 9.17) is 4.52 Å². The first-order valence-electron chi connectivity index (χ1n) is 8.21. The molecule has 0 spiro atoms. The molecule has 21 heavy (non-hydrogen) atoms. The lowest BCUT2D eigenvalue weighted by Gasteiger charge is -2.34. The first-order chi connectivity index (χ1) is 10.2. The summed E-state index contributed by atoms with van der Waals surface area (Å²) in [5.41, 5.74) is -0.177. The predicted molar refractivity (Wildman–Crippen MR) is 77.0 cm³/mol. The molecule has 5 heteroatoms. The average Bonchev–Trinajstić information content (AvgIpc) is 3.09. The third-order valence-electron chi connectivity index (χ3n) is 5.17. The molecular weight excluding hydrogens is 268 g/mol. The molecule has 1 N–H and O–H groups in total. The molecule has 0 atom stereocenters. The minimum Gasteiger partial charge on any atom is -0.481 e. The normalized spacial score (nSPS) is 22.5. The molecule has 2 fully saturated rings. The summed E-state index contributed by atoms with van der Waals surface area (Å²) in [5.74, 6) is 1.21. The standard InChI is InChI=1S/C16H24N2O3/c19-14(20)11-16(8-4-1-5-9-16)10-13-17-15(18-21-13)12-6-2-3-7-12/h12H,1-11H2,(H,19,20). The van der Waals surface area contributed by atoms with E-state index in [1.54, 1.807) is 0 Å². The van der Waals surface area contributed by atoms with Gasteiger partial charge in [-0.25, -0.2) is 0 Å². The van der Waals surface area contributed by atoms with Crippen molar-refractivity contribution in [3.63, 3.8) is 0 Å². The van der Waals surface area contributed by atoms with Crippen LogP contribution in [0.1, 0.15) is 81.8 Å². The SMILES string of the molecule is O=C(O)CC1(Cc2nc(C3CCCC3)no2)CCCCC1. The zero-order valence-corrected chi connectivity index (χ0v) is 12.5. The number of nitrogens with zero attached hydrogens (tertiary/aromatic N) is 2. The lowest BCUT2D eigenvalue weighted by Crippen LogP contribution is -2.30. The molecule has 1 aromatic heterocycles. The van der Waals surface area contributed by atoms with Crippen LogP contribution >= 0.6 is 0 Å². The van der Waals surface area contributed by atoms with E-state index in [0.29, 0.717) is 18.2 Å². The molecule has 0 bridgehead atoms. The number of carboxylic acids is 1. The topological polar surface area (TPSA) is 76.2 Å². The molecule has 5 nitrogen and oxygen atoms in total. The number of hydrogen-bond acceptors (Lipinski definition) is 4. The third-order valence-corrected chi connectivity index (χ3v) is 5.17. The van der Waals surface area contributed by atoms with Gasteiger partial charge in [0.15, 0.2) is 5.82 Å². The van der Waals surface area contributed by atoms with Gasteiger partial charge in [-0.2, -0.15) is 4.98 Å². The van der Waals surface area contributed by atoms with Crippen LogP contribution < -0.4 is 0 Å². The van der Waals surface area contributed by atoms with Gasteiger partial charge in [0.25, 0.3) is 0 Å². The van der Waals surface area contributed by atoms with E-state index >= 15 is 0 Å². The highest BCUT2D eigenvalue weighted by Gasteiger charge is 2.36. The number of carboxylic acid groups (broad SMARTS) is 1. The molecule has 0 unspecified atom stereocenters. The fourth-order valence-corrected chi connectivity index (χ4v) is 4.05. The summed E-state index contributed by atoms with van der Waals surface area (Å²) in [7, 11) is 0. The smallest absolute Gasteiger partial charge is 0.303 e. The molecule has 0 radical (unpaired) electrons. The maximum atomic E-state index is 11.2. The Morgan fingerprint density at radius 1 is 1.19 bits per heavy atom. The third kappa shape index (κ3) is 3.44. The maximum Gasteiger partial charge on any atom is 0.303 e. The summed E-state index contributed by atoms with van der Waals surface area (Å²) in [5, 5.41) is 13.4. The number of hydrogen-bond donors (Lipinski definition) is 1. The first kappa shape index (κ1) is 14.5. The second-order valence-corrected chi connectivity index (χ2v) is 6.84. The van der Waals surface area contributed by atoms with Crippen LogP contribution in [0, 0.1) is 5.41 Å². The van der Waals surface area contributed by atoms with E-state index in [9.17, 15) is 9.90 Å². The Morgan fingerprint density at radius 2 is 1.90 bits per heavy atom. The Morgan fingerprint density at radius 3 is 2.57 bits per heavy atom. The van der Waals surface area contributed by atoms with Crippen molar-refractivity contribution >= 4 is 5.97 Å². The zero-order valence-electron chi connectivity index (χ0n) is 12.5. The maximum absolute atomic E-state index is 11.2. The van der Waals surface area contributed by atoms with Crippen LogP contribution in [0.25, 0.3) is 0 Å². The van der Waals surface area contributed by atoms with Crippen molar-refractivity contribution in [2.75, 3.05) is 0 Å². The van der Waals surface area contributed by atoms with Crippen molar-refractivity contribution in [2.24, 2.45) is 5.41 Å². The van der Waals surface area contributed by atoms with E-state index in [2.05, 4.69) is 10.1 Å². The lowest BCUT2D eigenvalue weighted by atomic mass is 9.69. The van der Waals surface area contributed by atoms with Gasteiger partial charge in [-0.05, 0) is 31.1 Å². The lowest BCUT2D eigenvalue weighted by molar-refractivity contribution is -0.140. The largest absolute Gasteiger partial charge is 0.481 e. The monoisotopic (exact) mass is 292 g/mol. The number of aromatic nitrogens is 2. The molecule has 116 valence electrons. The minimum atomic E-state index is -0.715. The molecule has 1 heterocycles. The van der Waals surface area contributed by atoms with E-state index in [1.807, 2.05) is 0 Å². The van der Waals surface area contributed by atoms with Crippen molar-refractivity contribution in [2.45, 2.75) is 76.5 Å². The van der Waals surface area contributed by atoms with E-state index < -0.39 is 5.97 Å². The Hall–Kier alpha value is -1.39. The molecule has 1 aromatic rings. The van der Waals surface area contributed by atoms with E-state index in [0.717, 1.165) is 44.3 Å². The van der Waals surface area contributed by atoms with Gasteiger partial charge >= 0.3 is 5.97 Å². The Bertz CT molecular complexity index is 485. The van der Waals surface area contributed by atoms with Gasteiger partial charge in [0.2, 0.25) is 5.89 Å². The fourth-order valence-electron chi connectivity index (χ4n) is 4.05. The van der Waals surface area contributed by atoms with Crippen LogP contribution in [-0.2, 0) is 11.2 Å². The first-order valence-corrected chi connectivity index (χ1v) is 8.21. The van der Waals surface area contributed by atoms with Crippen LogP contribution in [0.4, 0.5) is 0 Å². The van der Waals surface area contributed by atoms with Gasteiger partial charge in [0.1, 0.15) is 0 Å². The molecule has 2 aliphatic carbocycles. The van der Waals surface area contributed by atoms with Crippen molar-refractivity contribution in [1.29, 1.82) is 0 Å². The number of carbonyl (C=O) groups is 1.